The zero-order valence-corrected chi connectivity index (χ0v) is 10.1. The summed E-state index contributed by atoms with van der Waals surface area (Å²) in [4.78, 5) is 0. The van der Waals surface area contributed by atoms with E-state index in [-0.39, 0.29) is 35.7 Å². The number of hydrogen-bond acceptors (Lipinski definition) is 3. The van der Waals surface area contributed by atoms with Crippen molar-refractivity contribution in [2.75, 3.05) is 0 Å². The van der Waals surface area contributed by atoms with Crippen molar-refractivity contribution >= 4 is 10.3 Å². The van der Waals surface area contributed by atoms with Crippen molar-refractivity contribution in [3.05, 3.63) is 5.14 Å². The molecule has 0 heterocycles. The molecule has 1 saturated carbocycles. The molecule has 1 fully saturated rings. The first-order chi connectivity index (χ1) is 5.08. The van der Waals surface area contributed by atoms with E-state index >= 15 is 0 Å². The summed E-state index contributed by atoms with van der Waals surface area (Å²) in [6, 6.07) is 0. The van der Waals surface area contributed by atoms with Gasteiger partial charge in [0.1, 0.15) is 0 Å². The third-order valence-corrected chi connectivity index (χ3v) is 2.34. The molecule has 12 heavy (non-hydrogen) atoms. The molecule has 4 nitrogen and oxygen atoms in total. The van der Waals surface area contributed by atoms with Crippen LogP contribution in [-0.4, -0.2) is 14.5 Å². The van der Waals surface area contributed by atoms with Gasteiger partial charge in [-0.1, -0.05) is 19.3 Å². The van der Waals surface area contributed by atoms with E-state index in [0.717, 1.165) is 32.1 Å². The topological polar surface area (TPSA) is 67.2 Å². The molecule has 0 aromatic rings. The van der Waals surface area contributed by atoms with Crippen molar-refractivity contribution < 1.29 is 42.2 Å². The van der Waals surface area contributed by atoms with Crippen molar-refractivity contribution in [1.29, 1.82) is 0 Å². The van der Waals surface area contributed by atoms with Crippen LogP contribution in [0.15, 0.2) is 0 Å². The van der Waals surface area contributed by atoms with Gasteiger partial charge in [-0.2, -0.15) is 0 Å². The Labute approximate surface area is 95.4 Å². The van der Waals surface area contributed by atoms with Crippen molar-refractivity contribution in [2.45, 2.75) is 38.2 Å². The summed E-state index contributed by atoms with van der Waals surface area (Å²) in [5, 5.41) is 6.52. The molecule has 0 spiro atoms. The van der Waals surface area contributed by atoms with Crippen LogP contribution in [0.4, 0.5) is 0 Å². The molecule has 0 amide bonds. The van der Waals surface area contributed by atoms with Crippen molar-refractivity contribution in [2.24, 2.45) is 0 Å². The second-order valence-corrected chi connectivity index (χ2v) is 3.91. The summed E-state index contributed by atoms with van der Waals surface area (Å²) in [5.41, 5.74) is 0. The van der Waals surface area contributed by atoms with Gasteiger partial charge in [0.25, 0.3) is 0 Å². The van der Waals surface area contributed by atoms with Crippen LogP contribution in [-0.2, 0) is 14.5 Å². The van der Waals surface area contributed by atoms with Gasteiger partial charge >= 0.3 is 29.6 Å². The fourth-order valence-corrected chi connectivity index (χ4v) is 1.89. The summed E-state index contributed by atoms with van der Waals surface area (Å²) in [6.07, 6.45) is 4.50. The average Bonchev–Trinajstić information content (AvgIpc) is 1.85. The standard InChI is InChI=1S/C6H12NO3S.Na/c7-11(8,9)10-6-4-2-1-3-5-6;/h6H,1-5H2,(H-,7,8,9);/q-1;+1. The van der Waals surface area contributed by atoms with Gasteiger partial charge in [-0.25, -0.2) is 8.42 Å². The molecule has 0 atom stereocenters. The van der Waals surface area contributed by atoms with Crippen LogP contribution in [0.2, 0.25) is 0 Å². The number of nitrogens with one attached hydrogen (secondary N) is 1. The molecule has 0 bridgehead atoms. The molecule has 66 valence electrons. The fourth-order valence-electron chi connectivity index (χ4n) is 1.34. The van der Waals surface area contributed by atoms with Crippen LogP contribution in [0, 0.1) is 0 Å². The molecule has 1 aliphatic rings. The Balaban J connectivity index is 0.00000121. The minimum atomic E-state index is -3.97. The average molecular weight is 201 g/mol. The first kappa shape index (κ1) is 12.9. The largest absolute Gasteiger partial charge is 1.00 e. The van der Waals surface area contributed by atoms with Crippen LogP contribution < -0.4 is 29.6 Å². The molecule has 1 aliphatic carbocycles. The maximum absolute atomic E-state index is 10.3. The van der Waals surface area contributed by atoms with Gasteiger partial charge in [-0.3, -0.25) is 4.18 Å². The van der Waals surface area contributed by atoms with Crippen LogP contribution in [0.5, 0.6) is 0 Å². The van der Waals surface area contributed by atoms with Gasteiger partial charge in [-0.15, -0.1) is 0 Å². The van der Waals surface area contributed by atoms with E-state index in [4.69, 9.17) is 5.14 Å². The Hall–Kier alpha value is 0.870. The maximum Gasteiger partial charge on any atom is 1.00 e. The van der Waals surface area contributed by atoms with Gasteiger partial charge in [-0.05, 0) is 12.8 Å². The first-order valence-corrected chi connectivity index (χ1v) is 5.16. The summed E-state index contributed by atoms with van der Waals surface area (Å²) in [6.45, 7) is 0. The zero-order valence-electron chi connectivity index (χ0n) is 7.25. The molecule has 0 aromatic heterocycles. The van der Waals surface area contributed by atoms with Gasteiger partial charge in [0.05, 0.1) is 6.10 Å². The molecule has 6 heteroatoms. The Morgan fingerprint density at radius 3 is 2.08 bits per heavy atom. The van der Waals surface area contributed by atoms with Crippen molar-refractivity contribution in [1.82, 2.24) is 0 Å². The summed E-state index contributed by atoms with van der Waals surface area (Å²) in [7, 11) is -3.97. The van der Waals surface area contributed by atoms with Crippen molar-refractivity contribution in [3.63, 3.8) is 0 Å². The summed E-state index contributed by atoms with van der Waals surface area (Å²) in [5.74, 6) is 0. The third-order valence-electron chi connectivity index (χ3n) is 1.81. The van der Waals surface area contributed by atoms with Crippen molar-refractivity contribution in [3.8, 4) is 0 Å². The summed E-state index contributed by atoms with van der Waals surface area (Å²) < 4.78 is 25.2. The first-order valence-electron chi connectivity index (χ1n) is 3.76. The van der Waals surface area contributed by atoms with Gasteiger partial charge in [0.15, 0.2) is 10.3 Å². The van der Waals surface area contributed by atoms with E-state index in [9.17, 15) is 8.42 Å². The molecule has 1 N–H and O–H groups in total. The second-order valence-electron chi connectivity index (χ2n) is 2.81. The Bertz CT molecular complexity index is 211. The predicted octanol–water partition coefficient (Wildman–Crippen LogP) is -1.36. The molecule has 0 aromatic carbocycles. The molecular formula is C6H12NNaO3S. The van der Waals surface area contributed by atoms with E-state index in [1.54, 1.807) is 0 Å². The Morgan fingerprint density at radius 2 is 1.67 bits per heavy atom. The molecular weight excluding hydrogens is 189 g/mol. The number of hydrogen-bond donors (Lipinski definition) is 0. The predicted molar refractivity (Wildman–Crippen MR) is 41.2 cm³/mol. The van der Waals surface area contributed by atoms with Gasteiger partial charge < -0.3 is 5.14 Å². The molecule has 0 aliphatic heterocycles. The van der Waals surface area contributed by atoms with E-state index in [1.807, 2.05) is 0 Å². The molecule has 0 radical (unpaired) electrons. The zero-order chi connectivity index (χ0) is 8.32. The summed E-state index contributed by atoms with van der Waals surface area (Å²) >= 11 is 0. The van der Waals surface area contributed by atoms with E-state index in [1.165, 1.54) is 0 Å². The molecule has 0 unspecified atom stereocenters. The maximum atomic E-state index is 10.3. The molecule has 0 saturated heterocycles. The molecule has 1 rings (SSSR count). The van der Waals surface area contributed by atoms with E-state index < -0.39 is 10.3 Å². The Kier molecular flexibility index (Phi) is 5.97. The van der Waals surface area contributed by atoms with Gasteiger partial charge in [0.2, 0.25) is 0 Å². The van der Waals surface area contributed by atoms with Crippen LogP contribution in [0.25, 0.3) is 5.14 Å². The van der Waals surface area contributed by atoms with E-state index in [2.05, 4.69) is 4.18 Å². The normalized spacial score (nSPS) is 20.1. The monoisotopic (exact) mass is 201 g/mol. The van der Waals surface area contributed by atoms with Crippen LogP contribution in [0.3, 0.4) is 0 Å². The smallest absolute Gasteiger partial charge is 0.540 e. The fraction of sp³-hybridized carbons (Fsp3) is 1.00. The van der Waals surface area contributed by atoms with E-state index in [0.29, 0.717) is 0 Å². The second kappa shape index (κ2) is 5.57. The number of rotatable bonds is 2. The quantitative estimate of drug-likeness (QED) is 0.518. The minimum Gasteiger partial charge on any atom is -0.540 e. The van der Waals surface area contributed by atoms with Crippen LogP contribution in [0.1, 0.15) is 32.1 Å². The SMILES string of the molecule is [NH-]S(=O)(=O)OC1CCCCC1.[Na+]. The van der Waals surface area contributed by atoms with Gasteiger partial charge in [0, 0.05) is 0 Å². The third kappa shape index (κ3) is 5.50. The van der Waals surface area contributed by atoms with Crippen LogP contribution >= 0.6 is 0 Å². The Morgan fingerprint density at radius 1 is 1.17 bits per heavy atom. The minimum absolute atomic E-state index is 0.